The Morgan fingerprint density at radius 3 is 2.59 bits per heavy atom. The second kappa shape index (κ2) is 8.55. The molecule has 154 valence electrons. The summed E-state index contributed by atoms with van der Waals surface area (Å²) in [7, 11) is 3.21. The number of piperazine rings is 1. The third kappa shape index (κ3) is 4.21. The van der Waals surface area contributed by atoms with Crippen molar-refractivity contribution in [2.75, 3.05) is 45.3 Å². The van der Waals surface area contributed by atoms with E-state index in [-0.39, 0.29) is 6.03 Å². The number of ether oxygens (including phenoxy) is 2. The van der Waals surface area contributed by atoms with Crippen LogP contribution in [0.3, 0.4) is 0 Å². The Balaban J connectivity index is 1.29. The molecule has 0 unspecified atom stereocenters. The van der Waals surface area contributed by atoms with E-state index in [1.807, 2.05) is 23.1 Å². The van der Waals surface area contributed by atoms with Crippen LogP contribution in [0, 0.1) is 0 Å². The first kappa shape index (κ1) is 19.3. The monoisotopic (exact) mass is 397 g/mol. The van der Waals surface area contributed by atoms with E-state index in [0.717, 1.165) is 43.0 Å². The maximum atomic E-state index is 12.6. The molecule has 0 saturated carbocycles. The molecule has 0 radical (unpaired) electrons. The van der Waals surface area contributed by atoms with Crippen molar-refractivity contribution in [2.24, 2.45) is 0 Å². The van der Waals surface area contributed by atoms with Crippen LogP contribution < -0.4 is 19.7 Å². The molecule has 1 N–H and O–H groups in total. The highest BCUT2D eigenvalue weighted by Crippen LogP contribution is 2.27. The quantitative estimate of drug-likeness (QED) is 0.832. The SMILES string of the molecule is COc1ccc(CNC(=O)N2CCN(c3cc4c(nn3)CCC4)CC2)cc1OC. The predicted molar refractivity (Wildman–Crippen MR) is 110 cm³/mol. The van der Waals surface area contributed by atoms with E-state index in [4.69, 9.17) is 9.47 Å². The number of amides is 2. The van der Waals surface area contributed by atoms with Crippen LogP contribution in [0.15, 0.2) is 24.3 Å². The maximum Gasteiger partial charge on any atom is 0.317 e. The molecule has 2 aliphatic rings. The lowest BCUT2D eigenvalue weighted by atomic mass is 10.2. The van der Waals surface area contributed by atoms with Crippen molar-refractivity contribution in [3.63, 3.8) is 0 Å². The fraction of sp³-hybridized carbons (Fsp3) is 0.476. The molecule has 1 aliphatic carbocycles. The van der Waals surface area contributed by atoms with Crippen molar-refractivity contribution >= 4 is 11.8 Å². The van der Waals surface area contributed by atoms with E-state index in [9.17, 15) is 4.79 Å². The minimum absolute atomic E-state index is 0.0560. The van der Waals surface area contributed by atoms with Crippen molar-refractivity contribution in [1.82, 2.24) is 20.4 Å². The maximum absolute atomic E-state index is 12.6. The Bertz CT molecular complexity index is 881. The average molecular weight is 397 g/mol. The zero-order valence-corrected chi connectivity index (χ0v) is 17.0. The molecular formula is C21H27N5O3. The Morgan fingerprint density at radius 1 is 1.03 bits per heavy atom. The lowest BCUT2D eigenvalue weighted by Gasteiger charge is -2.35. The van der Waals surface area contributed by atoms with Gasteiger partial charge in [-0.3, -0.25) is 0 Å². The van der Waals surface area contributed by atoms with E-state index in [1.165, 1.54) is 12.0 Å². The number of nitrogens with one attached hydrogen (secondary N) is 1. The van der Waals surface area contributed by atoms with Gasteiger partial charge in [-0.05, 0) is 48.6 Å². The Morgan fingerprint density at radius 2 is 1.83 bits per heavy atom. The number of hydrogen-bond acceptors (Lipinski definition) is 6. The van der Waals surface area contributed by atoms with Gasteiger partial charge in [0.2, 0.25) is 0 Å². The Labute approximate surface area is 170 Å². The molecule has 2 amide bonds. The number of fused-ring (bicyclic) bond motifs is 1. The molecule has 2 heterocycles. The molecular weight excluding hydrogens is 370 g/mol. The number of urea groups is 1. The summed E-state index contributed by atoms with van der Waals surface area (Å²) in [5.41, 5.74) is 3.43. The Kier molecular flexibility index (Phi) is 5.69. The van der Waals surface area contributed by atoms with Gasteiger partial charge in [0.25, 0.3) is 0 Å². The van der Waals surface area contributed by atoms with E-state index >= 15 is 0 Å². The highest BCUT2D eigenvalue weighted by Gasteiger charge is 2.23. The van der Waals surface area contributed by atoms with Crippen LogP contribution in [0.2, 0.25) is 0 Å². The largest absolute Gasteiger partial charge is 0.493 e. The molecule has 1 fully saturated rings. The molecule has 0 atom stereocenters. The summed E-state index contributed by atoms with van der Waals surface area (Å²) in [4.78, 5) is 16.6. The van der Waals surface area contributed by atoms with Gasteiger partial charge in [0.15, 0.2) is 17.3 Å². The van der Waals surface area contributed by atoms with Gasteiger partial charge >= 0.3 is 6.03 Å². The number of carbonyl (C=O) groups is 1. The molecule has 29 heavy (non-hydrogen) atoms. The van der Waals surface area contributed by atoms with Gasteiger partial charge in [-0.2, -0.15) is 5.10 Å². The normalized spacial score (nSPS) is 15.8. The molecule has 1 aromatic carbocycles. The number of anilines is 1. The van der Waals surface area contributed by atoms with E-state index in [1.54, 1.807) is 14.2 Å². The first-order chi connectivity index (χ1) is 14.2. The zero-order chi connectivity index (χ0) is 20.2. The van der Waals surface area contributed by atoms with Gasteiger partial charge in [0.1, 0.15) is 0 Å². The third-order valence-corrected chi connectivity index (χ3v) is 5.59. The number of aromatic nitrogens is 2. The van der Waals surface area contributed by atoms with Gasteiger partial charge in [0, 0.05) is 32.7 Å². The summed E-state index contributed by atoms with van der Waals surface area (Å²) >= 11 is 0. The molecule has 1 aromatic heterocycles. The summed E-state index contributed by atoms with van der Waals surface area (Å²) in [5.74, 6) is 2.26. The minimum Gasteiger partial charge on any atom is -0.493 e. The molecule has 8 heteroatoms. The van der Waals surface area contributed by atoms with Crippen molar-refractivity contribution < 1.29 is 14.3 Å². The number of carbonyl (C=O) groups excluding carboxylic acids is 1. The molecule has 4 rings (SSSR count). The number of methoxy groups -OCH3 is 2. The molecule has 1 saturated heterocycles. The topological polar surface area (TPSA) is 79.8 Å². The summed E-state index contributed by atoms with van der Waals surface area (Å²) < 4.78 is 10.6. The fourth-order valence-electron chi connectivity index (χ4n) is 3.89. The van der Waals surface area contributed by atoms with Gasteiger partial charge < -0.3 is 24.6 Å². The lowest BCUT2D eigenvalue weighted by Crippen LogP contribution is -2.52. The van der Waals surface area contributed by atoms with Crippen LogP contribution in [-0.4, -0.2) is 61.5 Å². The van der Waals surface area contributed by atoms with E-state index in [2.05, 4.69) is 26.5 Å². The zero-order valence-electron chi connectivity index (χ0n) is 17.0. The number of aryl methyl sites for hydroxylation is 2. The smallest absolute Gasteiger partial charge is 0.317 e. The van der Waals surface area contributed by atoms with E-state index in [0.29, 0.717) is 31.1 Å². The number of nitrogens with zero attached hydrogens (tertiary/aromatic N) is 4. The molecule has 0 bridgehead atoms. The van der Waals surface area contributed by atoms with Crippen molar-refractivity contribution in [1.29, 1.82) is 0 Å². The number of benzene rings is 1. The van der Waals surface area contributed by atoms with Crippen LogP contribution in [0.5, 0.6) is 11.5 Å². The molecule has 8 nitrogen and oxygen atoms in total. The van der Waals surface area contributed by atoms with Crippen LogP contribution in [0.4, 0.5) is 10.6 Å². The van der Waals surface area contributed by atoms with Crippen LogP contribution in [0.1, 0.15) is 23.2 Å². The highest BCUT2D eigenvalue weighted by molar-refractivity contribution is 5.74. The Hall–Kier alpha value is -3.03. The summed E-state index contributed by atoms with van der Waals surface area (Å²) in [6, 6.07) is 7.76. The van der Waals surface area contributed by atoms with Crippen LogP contribution in [0.25, 0.3) is 0 Å². The second-order valence-electron chi connectivity index (χ2n) is 7.35. The summed E-state index contributed by atoms with van der Waals surface area (Å²) in [5, 5.41) is 11.7. The van der Waals surface area contributed by atoms with Gasteiger partial charge in [-0.1, -0.05) is 6.07 Å². The van der Waals surface area contributed by atoms with Crippen molar-refractivity contribution in [3.05, 3.63) is 41.1 Å². The fourth-order valence-corrected chi connectivity index (χ4v) is 3.89. The van der Waals surface area contributed by atoms with Gasteiger partial charge in [-0.25, -0.2) is 4.79 Å². The third-order valence-electron chi connectivity index (χ3n) is 5.59. The number of rotatable bonds is 5. The van der Waals surface area contributed by atoms with E-state index < -0.39 is 0 Å². The van der Waals surface area contributed by atoms with Crippen LogP contribution >= 0.6 is 0 Å². The summed E-state index contributed by atoms with van der Waals surface area (Å²) in [6.07, 6.45) is 3.30. The molecule has 1 aliphatic heterocycles. The van der Waals surface area contributed by atoms with Crippen molar-refractivity contribution in [3.8, 4) is 11.5 Å². The van der Waals surface area contributed by atoms with Crippen LogP contribution in [-0.2, 0) is 19.4 Å². The first-order valence-electron chi connectivity index (χ1n) is 10.0. The molecule has 0 spiro atoms. The summed E-state index contributed by atoms with van der Waals surface area (Å²) in [6.45, 7) is 3.29. The lowest BCUT2D eigenvalue weighted by molar-refractivity contribution is 0.193. The first-order valence-corrected chi connectivity index (χ1v) is 10.0. The number of hydrogen-bond donors (Lipinski definition) is 1. The average Bonchev–Trinajstić information content (AvgIpc) is 3.25. The van der Waals surface area contributed by atoms with Crippen molar-refractivity contribution in [2.45, 2.75) is 25.8 Å². The second-order valence-corrected chi connectivity index (χ2v) is 7.35. The minimum atomic E-state index is -0.0560. The van der Waals surface area contributed by atoms with Gasteiger partial charge in [-0.15, -0.1) is 5.10 Å². The van der Waals surface area contributed by atoms with Gasteiger partial charge in [0.05, 0.1) is 19.9 Å². The standard InChI is InChI=1S/C21H27N5O3/c1-28-18-7-6-15(12-19(18)29-2)14-22-21(27)26-10-8-25(9-11-26)20-13-16-4-3-5-17(16)23-24-20/h6-7,12-13H,3-5,8-11,14H2,1-2H3,(H,22,27). The predicted octanol–water partition coefficient (Wildman–Crippen LogP) is 2.01. The highest BCUT2D eigenvalue weighted by atomic mass is 16.5. The molecule has 2 aromatic rings.